The lowest BCUT2D eigenvalue weighted by Crippen LogP contribution is -2.55. The molecular weight excluding hydrogens is 712 g/mol. The van der Waals surface area contributed by atoms with Crippen molar-refractivity contribution in [2.24, 2.45) is 0 Å². The van der Waals surface area contributed by atoms with Crippen LogP contribution in [0.1, 0.15) is 43.2 Å². The maximum absolute atomic E-state index is 14.7. The first-order chi connectivity index (χ1) is 23.0. The van der Waals surface area contributed by atoms with Crippen LogP contribution in [-0.4, -0.2) is 43.8 Å². The second kappa shape index (κ2) is 16.4. The summed E-state index contributed by atoms with van der Waals surface area (Å²) >= 11 is 25.7. The number of nitrogens with zero attached hydrogens (tertiary/aromatic N) is 2. The number of carbonyl (C=O) groups excluding carboxylic acids is 2. The van der Waals surface area contributed by atoms with Crippen LogP contribution in [0.25, 0.3) is 0 Å². The van der Waals surface area contributed by atoms with Gasteiger partial charge >= 0.3 is 0 Å². The molecule has 7 nitrogen and oxygen atoms in total. The smallest absolute Gasteiger partial charge is 0.264 e. The van der Waals surface area contributed by atoms with E-state index in [9.17, 15) is 18.0 Å². The summed E-state index contributed by atoms with van der Waals surface area (Å²) in [5, 5.41) is 4.14. The predicted molar refractivity (Wildman–Crippen MR) is 193 cm³/mol. The summed E-state index contributed by atoms with van der Waals surface area (Å²) in [5.41, 5.74) is 1.39. The Morgan fingerprint density at radius 2 is 1.38 bits per heavy atom. The van der Waals surface area contributed by atoms with Crippen molar-refractivity contribution >= 4 is 73.9 Å². The highest BCUT2D eigenvalue weighted by atomic mass is 35.5. The molecule has 0 heterocycles. The second-order valence-corrected chi connectivity index (χ2v) is 15.2. The Morgan fingerprint density at radius 1 is 0.750 bits per heavy atom. The fourth-order valence-electron chi connectivity index (χ4n) is 5.84. The molecule has 0 bridgehead atoms. The van der Waals surface area contributed by atoms with Crippen LogP contribution in [0.4, 0.5) is 5.69 Å². The average molecular weight is 748 g/mol. The normalized spacial score (nSPS) is 14.2. The van der Waals surface area contributed by atoms with Crippen LogP contribution in [0, 0.1) is 0 Å². The number of hydrogen-bond acceptors (Lipinski definition) is 4. The number of halogens is 4. The summed E-state index contributed by atoms with van der Waals surface area (Å²) in [4.78, 5) is 30.3. The maximum Gasteiger partial charge on any atom is 0.264 e. The average Bonchev–Trinajstić information content (AvgIpc) is 3.08. The molecule has 48 heavy (non-hydrogen) atoms. The summed E-state index contributed by atoms with van der Waals surface area (Å²) in [5.74, 6) is -0.981. The van der Waals surface area contributed by atoms with Crippen LogP contribution >= 0.6 is 46.4 Å². The van der Waals surface area contributed by atoms with Crippen LogP contribution in [0.2, 0.25) is 20.1 Å². The van der Waals surface area contributed by atoms with E-state index in [1.54, 1.807) is 36.4 Å². The third kappa shape index (κ3) is 8.84. The molecule has 2 amide bonds. The molecule has 0 aromatic heterocycles. The van der Waals surface area contributed by atoms with Crippen molar-refractivity contribution in [1.29, 1.82) is 0 Å². The molecule has 252 valence electrons. The first-order valence-electron chi connectivity index (χ1n) is 15.6. The summed E-state index contributed by atoms with van der Waals surface area (Å²) in [6.07, 6.45) is 4.97. The van der Waals surface area contributed by atoms with E-state index in [-0.39, 0.29) is 45.5 Å². The molecule has 1 aliphatic rings. The SMILES string of the molecule is O=C(NC1CCCCC1)[C@H](Cc1ccccc1)N(Cc1c(Cl)cccc1Cl)C(=O)CN(c1ccc(Cl)c(Cl)c1)S(=O)(=O)c1ccccc1. The van der Waals surface area contributed by atoms with Gasteiger partial charge in [-0.05, 0) is 60.9 Å². The Labute approximate surface area is 301 Å². The van der Waals surface area contributed by atoms with Crippen LogP contribution in [0.3, 0.4) is 0 Å². The number of sulfonamides is 1. The van der Waals surface area contributed by atoms with Crippen LogP contribution in [0.5, 0.6) is 0 Å². The highest BCUT2D eigenvalue weighted by molar-refractivity contribution is 7.92. The molecule has 1 N–H and O–H groups in total. The van der Waals surface area contributed by atoms with E-state index < -0.39 is 28.5 Å². The van der Waals surface area contributed by atoms with Crippen molar-refractivity contribution in [2.45, 2.75) is 62.0 Å². The lowest BCUT2D eigenvalue weighted by atomic mass is 9.94. The van der Waals surface area contributed by atoms with Crippen molar-refractivity contribution in [2.75, 3.05) is 10.8 Å². The van der Waals surface area contributed by atoms with E-state index in [2.05, 4.69) is 5.32 Å². The molecule has 1 fully saturated rings. The number of rotatable bonds is 12. The molecule has 0 saturated heterocycles. The van der Waals surface area contributed by atoms with Gasteiger partial charge in [0, 0.05) is 34.6 Å². The molecule has 1 aliphatic carbocycles. The Bertz CT molecular complexity index is 1820. The number of benzene rings is 4. The van der Waals surface area contributed by atoms with E-state index in [0.717, 1.165) is 42.0 Å². The molecule has 0 aliphatic heterocycles. The molecule has 5 rings (SSSR count). The van der Waals surface area contributed by atoms with Gasteiger partial charge < -0.3 is 10.2 Å². The molecule has 12 heteroatoms. The molecule has 0 radical (unpaired) electrons. The summed E-state index contributed by atoms with van der Waals surface area (Å²) < 4.78 is 29.3. The Kier molecular flexibility index (Phi) is 12.3. The molecule has 1 atom stereocenters. The first kappa shape index (κ1) is 36.0. The number of nitrogens with one attached hydrogen (secondary N) is 1. The number of hydrogen-bond donors (Lipinski definition) is 1. The van der Waals surface area contributed by atoms with Crippen LogP contribution < -0.4 is 9.62 Å². The molecular formula is C36H35Cl4N3O4S. The fourth-order valence-corrected chi connectivity index (χ4v) is 8.08. The quantitative estimate of drug-likeness (QED) is 0.157. The number of amides is 2. The minimum absolute atomic E-state index is 0.0274. The fraction of sp³-hybridized carbons (Fsp3) is 0.278. The van der Waals surface area contributed by atoms with Crippen molar-refractivity contribution in [3.8, 4) is 0 Å². The van der Waals surface area contributed by atoms with Gasteiger partial charge in [-0.2, -0.15) is 0 Å². The van der Waals surface area contributed by atoms with E-state index >= 15 is 0 Å². The topological polar surface area (TPSA) is 86.8 Å². The van der Waals surface area contributed by atoms with Gasteiger partial charge in [0.25, 0.3) is 10.0 Å². The standard InChI is InChI=1S/C36H35Cl4N3O4S/c37-30-17-10-18-31(38)29(30)23-42(34(21-25-11-4-1-5-12-25)36(45)41-26-13-6-2-7-14-26)35(44)24-43(27-19-20-32(39)33(40)22-27)48(46,47)28-15-8-3-9-16-28/h1,3-5,8-12,15-20,22,26,34H,2,6-7,13-14,21,23-24H2,(H,41,45)/t34-/m0/s1. The number of carbonyl (C=O) groups is 2. The van der Waals surface area contributed by atoms with Crippen LogP contribution in [-0.2, 0) is 32.6 Å². The van der Waals surface area contributed by atoms with E-state index in [0.29, 0.717) is 15.6 Å². The zero-order chi connectivity index (χ0) is 34.3. The zero-order valence-corrected chi connectivity index (χ0v) is 29.8. The molecule has 0 unspecified atom stereocenters. The molecule has 1 saturated carbocycles. The first-order valence-corrected chi connectivity index (χ1v) is 18.6. The minimum Gasteiger partial charge on any atom is -0.352 e. The van der Waals surface area contributed by atoms with Gasteiger partial charge in [0.1, 0.15) is 12.6 Å². The van der Waals surface area contributed by atoms with Gasteiger partial charge in [0.2, 0.25) is 11.8 Å². The third-order valence-electron chi connectivity index (χ3n) is 8.41. The molecule has 0 spiro atoms. The minimum atomic E-state index is -4.30. The van der Waals surface area contributed by atoms with E-state index in [1.165, 1.54) is 35.2 Å². The van der Waals surface area contributed by atoms with Gasteiger partial charge in [-0.25, -0.2) is 8.42 Å². The monoisotopic (exact) mass is 745 g/mol. The predicted octanol–water partition coefficient (Wildman–Crippen LogP) is 8.58. The molecule has 4 aromatic carbocycles. The van der Waals surface area contributed by atoms with Crippen molar-refractivity contribution in [1.82, 2.24) is 10.2 Å². The lowest BCUT2D eigenvalue weighted by molar-refractivity contribution is -0.140. The summed E-state index contributed by atoms with van der Waals surface area (Å²) in [6, 6.07) is 25.4. The van der Waals surface area contributed by atoms with Gasteiger partial charge in [-0.1, -0.05) is 120 Å². The maximum atomic E-state index is 14.7. The van der Waals surface area contributed by atoms with Gasteiger partial charge in [0.15, 0.2) is 0 Å². The van der Waals surface area contributed by atoms with Gasteiger partial charge in [-0.3, -0.25) is 13.9 Å². The summed E-state index contributed by atoms with van der Waals surface area (Å²) in [7, 11) is -4.30. The Balaban J connectivity index is 1.60. The van der Waals surface area contributed by atoms with Crippen molar-refractivity contribution in [3.63, 3.8) is 0 Å². The third-order valence-corrected chi connectivity index (χ3v) is 11.6. The van der Waals surface area contributed by atoms with Crippen molar-refractivity contribution < 1.29 is 18.0 Å². The highest BCUT2D eigenvalue weighted by Gasteiger charge is 2.36. The second-order valence-electron chi connectivity index (χ2n) is 11.7. The van der Waals surface area contributed by atoms with Gasteiger partial charge in [-0.15, -0.1) is 0 Å². The van der Waals surface area contributed by atoms with E-state index in [1.807, 2.05) is 30.3 Å². The number of anilines is 1. The van der Waals surface area contributed by atoms with Crippen molar-refractivity contribution in [3.05, 3.63) is 128 Å². The zero-order valence-electron chi connectivity index (χ0n) is 26.0. The largest absolute Gasteiger partial charge is 0.352 e. The summed E-state index contributed by atoms with van der Waals surface area (Å²) in [6.45, 7) is -0.799. The Hall–Kier alpha value is -3.27. The lowest BCUT2D eigenvalue weighted by Gasteiger charge is -2.35. The van der Waals surface area contributed by atoms with E-state index in [4.69, 9.17) is 46.4 Å². The molecule has 4 aromatic rings. The van der Waals surface area contributed by atoms with Gasteiger partial charge in [0.05, 0.1) is 20.6 Å². The van der Waals surface area contributed by atoms with Crippen LogP contribution in [0.15, 0.2) is 102 Å². The highest BCUT2D eigenvalue weighted by Crippen LogP contribution is 2.32. The Morgan fingerprint density at radius 3 is 2.00 bits per heavy atom.